The van der Waals surface area contributed by atoms with Crippen LogP contribution >= 0.6 is 0 Å². The first-order chi connectivity index (χ1) is 9.95. The number of aliphatic hydroxyl groups is 1. The van der Waals surface area contributed by atoms with Gasteiger partial charge in [0.25, 0.3) is 0 Å². The van der Waals surface area contributed by atoms with Crippen LogP contribution in [0, 0.1) is 5.92 Å². The van der Waals surface area contributed by atoms with Gasteiger partial charge < -0.3 is 10.4 Å². The van der Waals surface area contributed by atoms with E-state index in [1.165, 1.54) is 26.2 Å². The molecular weight excluding hydrogens is 268 g/mol. The third-order valence-electron chi connectivity index (χ3n) is 4.25. The smallest absolute Gasteiger partial charge is 0.234 e. The number of carbonyl (C=O) groups is 2. The molecule has 0 aromatic heterocycles. The minimum atomic E-state index is -0.417. The molecule has 0 heterocycles. The molecule has 5 nitrogen and oxygen atoms in total. The van der Waals surface area contributed by atoms with Crippen LogP contribution in [0.4, 0.5) is 0 Å². The van der Waals surface area contributed by atoms with Gasteiger partial charge in [0, 0.05) is 12.6 Å². The summed E-state index contributed by atoms with van der Waals surface area (Å²) in [5.74, 6) is -0.0416. The second-order valence-corrected chi connectivity index (χ2v) is 6.39. The molecule has 0 saturated heterocycles. The van der Waals surface area contributed by atoms with E-state index in [2.05, 4.69) is 10.2 Å². The molecule has 0 spiro atoms. The minimum absolute atomic E-state index is 0.00951. The van der Waals surface area contributed by atoms with Gasteiger partial charge in [-0.3, -0.25) is 14.5 Å². The number of hydrogen-bond donors (Lipinski definition) is 2. The number of rotatable bonds is 8. The highest BCUT2D eigenvalue weighted by Crippen LogP contribution is 2.22. The van der Waals surface area contributed by atoms with Crippen molar-refractivity contribution in [2.45, 2.75) is 65.0 Å². The molecule has 1 aliphatic rings. The van der Waals surface area contributed by atoms with Crippen LogP contribution < -0.4 is 5.32 Å². The lowest BCUT2D eigenvalue weighted by Gasteiger charge is -2.33. The summed E-state index contributed by atoms with van der Waals surface area (Å²) < 4.78 is 0. The maximum atomic E-state index is 12.2. The fraction of sp³-hybridized carbons (Fsp3) is 0.875. The van der Waals surface area contributed by atoms with Crippen molar-refractivity contribution in [1.29, 1.82) is 0 Å². The second-order valence-electron chi connectivity index (χ2n) is 6.39. The van der Waals surface area contributed by atoms with E-state index in [4.69, 9.17) is 0 Å². The third kappa shape index (κ3) is 6.14. The quantitative estimate of drug-likeness (QED) is 0.709. The fourth-order valence-corrected chi connectivity index (χ4v) is 3.11. The van der Waals surface area contributed by atoms with Crippen molar-refractivity contribution < 1.29 is 14.7 Å². The van der Waals surface area contributed by atoms with Crippen molar-refractivity contribution in [2.24, 2.45) is 5.92 Å². The van der Waals surface area contributed by atoms with Crippen LogP contribution in [-0.2, 0) is 9.59 Å². The maximum Gasteiger partial charge on any atom is 0.234 e. The van der Waals surface area contributed by atoms with Crippen LogP contribution in [-0.4, -0.2) is 53.5 Å². The zero-order chi connectivity index (χ0) is 15.8. The SMILES string of the molecule is CC(=O)C(NC(=O)CN(CCO)C1CCCCC1)C(C)C. The Morgan fingerprint density at radius 1 is 1.24 bits per heavy atom. The molecule has 5 heteroatoms. The second kappa shape index (κ2) is 9.15. The van der Waals surface area contributed by atoms with Crippen molar-refractivity contribution >= 4 is 11.7 Å². The first kappa shape index (κ1) is 18.1. The van der Waals surface area contributed by atoms with E-state index in [0.717, 1.165) is 12.8 Å². The molecule has 21 heavy (non-hydrogen) atoms. The standard InChI is InChI=1S/C16H30N2O3/c1-12(2)16(13(3)20)17-15(21)11-18(9-10-19)14-7-5-4-6-8-14/h12,14,16,19H,4-11H2,1-3H3,(H,17,21). The molecular formula is C16H30N2O3. The van der Waals surface area contributed by atoms with Gasteiger partial charge in [-0.05, 0) is 25.7 Å². The summed E-state index contributed by atoms with van der Waals surface area (Å²) in [7, 11) is 0. The maximum absolute atomic E-state index is 12.2. The average molecular weight is 298 g/mol. The third-order valence-corrected chi connectivity index (χ3v) is 4.25. The molecule has 122 valence electrons. The average Bonchev–Trinajstić information content (AvgIpc) is 2.44. The van der Waals surface area contributed by atoms with E-state index < -0.39 is 6.04 Å². The van der Waals surface area contributed by atoms with Gasteiger partial charge in [-0.25, -0.2) is 0 Å². The van der Waals surface area contributed by atoms with Gasteiger partial charge >= 0.3 is 0 Å². The summed E-state index contributed by atoms with van der Waals surface area (Å²) in [6.45, 7) is 6.21. The first-order valence-corrected chi connectivity index (χ1v) is 8.10. The van der Waals surface area contributed by atoms with Gasteiger partial charge in [0.1, 0.15) is 0 Å². The van der Waals surface area contributed by atoms with E-state index in [-0.39, 0.29) is 30.8 Å². The predicted octanol–water partition coefficient (Wildman–Crippen LogP) is 1.34. The van der Waals surface area contributed by atoms with Crippen molar-refractivity contribution in [1.82, 2.24) is 10.2 Å². The number of amides is 1. The lowest BCUT2D eigenvalue weighted by molar-refractivity contribution is -0.129. The summed E-state index contributed by atoms with van der Waals surface area (Å²) in [5, 5.41) is 12.0. The van der Waals surface area contributed by atoms with E-state index in [9.17, 15) is 14.7 Å². The van der Waals surface area contributed by atoms with Gasteiger partial charge in [0.2, 0.25) is 5.91 Å². The summed E-state index contributed by atoms with van der Waals surface area (Å²) in [6, 6.07) is -0.0358. The zero-order valence-corrected chi connectivity index (χ0v) is 13.6. The Morgan fingerprint density at radius 3 is 2.33 bits per heavy atom. The Labute approximate surface area is 128 Å². The number of Topliss-reactive ketones (excluding diaryl/α,β-unsaturated/α-hetero) is 1. The van der Waals surface area contributed by atoms with Gasteiger partial charge in [-0.15, -0.1) is 0 Å². The predicted molar refractivity (Wildman–Crippen MR) is 83.0 cm³/mol. The van der Waals surface area contributed by atoms with Crippen molar-refractivity contribution in [2.75, 3.05) is 19.7 Å². The minimum Gasteiger partial charge on any atom is -0.395 e. The van der Waals surface area contributed by atoms with Crippen LogP contribution in [0.15, 0.2) is 0 Å². The molecule has 0 aromatic carbocycles. The Hall–Kier alpha value is -0.940. The summed E-state index contributed by atoms with van der Waals surface area (Å²) in [4.78, 5) is 25.8. The number of ketones is 1. The lowest BCUT2D eigenvalue weighted by atomic mass is 9.94. The Kier molecular flexibility index (Phi) is 7.89. The van der Waals surface area contributed by atoms with Crippen LogP contribution in [0.5, 0.6) is 0 Å². The van der Waals surface area contributed by atoms with Crippen LogP contribution in [0.2, 0.25) is 0 Å². The van der Waals surface area contributed by atoms with E-state index in [1.807, 2.05) is 13.8 Å². The molecule has 1 aliphatic carbocycles. The highest BCUT2D eigenvalue weighted by atomic mass is 16.3. The summed E-state index contributed by atoms with van der Waals surface area (Å²) in [5.41, 5.74) is 0. The number of nitrogens with one attached hydrogen (secondary N) is 1. The van der Waals surface area contributed by atoms with Crippen LogP contribution in [0.25, 0.3) is 0 Å². The highest BCUT2D eigenvalue weighted by Gasteiger charge is 2.25. The van der Waals surface area contributed by atoms with Crippen molar-refractivity contribution in [3.05, 3.63) is 0 Å². The molecule has 1 fully saturated rings. The molecule has 0 aliphatic heterocycles. The van der Waals surface area contributed by atoms with Gasteiger partial charge in [-0.2, -0.15) is 0 Å². The molecule has 0 radical (unpaired) electrons. The van der Waals surface area contributed by atoms with Crippen LogP contribution in [0.3, 0.4) is 0 Å². The Bertz CT molecular complexity index is 338. The molecule has 0 bridgehead atoms. The molecule has 0 aromatic rings. The lowest BCUT2D eigenvalue weighted by Crippen LogP contribution is -2.50. The Balaban J connectivity index is 2.56. The molecule has 1 rings (SSSR count). The van der Waals surface area contributed by atoms with E-state index in [1.54, 1.807) is 0 Å². The molecule has 2 N–H and O–H groups in total. The zero-order valence-electron chi connectivity index (χ0n) is 13.6. The largest absolute Gasteiger partial charge is 0.395 e. The highest BCUT2D eigenvalue weighted by molar-refractivity contribution is 5.88. The number of nitrogens with zero attached hydrogens (tertiary/aromatic N) is 1. The monoisotopic (exact) mass is 298 g/mol. The molecule has 1 unspecified atom stereocenters. The number of hydrogen-bond acceptors (Lipinski definition) is 4. The van der Waals surface area contributed by atoms with Gasteiger partial charge in [-0.1, -0.05) is 33.1 Å². The topological polar surface area (TPSA) is 69.6 Å². The van der Waals surface area contributed by atoms with E-state index in [0.29, 0.717) is 12.6 Å². The van der Waals surface area contributed by atoms with Gasteiger partial charge in [0.05, 0.1) is 19.2 Å². The Morgan fingerprint density at radius 2 is 1.86 bits per heavy atom. The molecule has 1 atom stereocenters. The number of aliphatic hydroxyl groups excluding tert-OH is 1. The summed E-state index contributed by atoms with van der Waals surface area (Å²) >= 11 is 0. The van der Waals surface area contributed by atoms with Crippen molar-refractivity contribution in [3.63, 3.8) is 0 Å². The number of carbonyl (C=O) groups excluding carboxylic acids is 2. The first-order valence-electron chi connectivity index (χ1n) is 8.10. The van der Waals surface area contributed by atoms with E-state index >= 15 is 0 Å². The summed E-state index contributed by atoms with van der Waals surface area (Å²) in [6.07, 6.45) is 5.82. The molecule has 1 amide bonds. The fourth-order valence-electron chi connectivity index (χ4n) is 3.11. The van der Waals surface area contributed by atoms with Crippen LogP contribution in [0.1, 0.15) is 52.9 Å². The normalized spacial score (nSPS) is 18.0. The van der Waals surface area contributed by atoms with Gasteiger partial charge in [0.15, 0.2) is 5.78 Å². The molecule has 1 saturated carbocycles. The van der Waals surface area contributed by atoms with Crippen molar-refractivity contribution in [3.8, 4) is 0 Å².